The van der Waals surface area contributed by atoms with Gasteiger partial charge in [-0.1, -0.05) is 42.0 Å². The van der Waals surface area contributed by atoms with Crippen LogP contribution in [-0.2, 0) is 16.6 Å². The van der Waals surface area contributed by atoms with Crippen LogP contribution in [0.15, 0.2) is 70.5 Å². The molecule has 3 aromatic rings. The third-order valence-corrected chi connectivity index (χ3v) is 8.21. The van der Waals surface area contributed by atoms with E-state index in [0.29, 0.717) is 17.0 Å². The van der Waals surface area contributed by atoms with Gasteiger partial charge >= 0.3 is 0 Å². The van der Waals surface area contributed by atoms with Crippen molar-refractivity contribution in [1.82, 2.24) is 13.8 Å². The molecule has 34 heavy (non-hydrogen) atoms. The van der Waals surface area contributed by atoms with E-state index in [1.165, 1.54) is 14.9 Å². The fourth-order valence-corrected chi connectivity index (χ4v) is 5.99. The van der Waals surface area contributed by atoms with E-state index in [9.17, 15) is 18.0 Å². The fraction of sp³-hybridized carbons (Fsp3) is 0.308. The number of aromatic nitrogens is 1. The van der Waals surface area contributed by atoms with Crippen LogP contribution in [0.5, 0.6) is 0 Å². The van der Waals surface area contributed by atoms with Crippen LogP contribution in [0.25, 0.3) is 0 Å². The Labute approximate surface area is 200 Å². The topological polar surface area (TPSA) is 79.7 Å². The Hall–Kier alpha value is -3.23. The summed E-state index contributed by atoms with van der Waals surface area (Å²) in [5.41, 5.74) is 3.41. The number of sulfonamides is 1. The summed E-state index contributed by atoms with van der Waals surface area (Å²) >= 11 is 0. The summed E-state index contributed by atoms with van der Waals surface area (Å²) in [4.78, 5) is 28.0. The zero-order chi connectivity index (χ0) is 24.5. The molecule has 0 unspecified atom stereocenters. The lowest BCUT2D eigenvalue weighted by Gasteiger charge is -2.34. The van der Waals surface area contributed by atoms with Gasteiger partial charge in [0.1, 0.15) is 5.56 Å². The molecule has 0 aliphatic carbocycles. The van der Waals surface area contributed by atoms with Crippen molar-refractivity contribution in [2.75, 3.05) is 26.2 Å². The average Bonchev–Trinajstić information content (AvgIpc) is 2.81. The first-order chi connectivity index (χ1) is 16.2. The highest BCUT2D eigenvalue weighted by atomic mass is 32.2. The maximum atomic E-state index is 13.2. The summed E-state index contributed by atoms with van der Waals surface area (Å²) < 4.78 is 29.3. The Morgan fingerprint density at radius 1 is 0.882 bits per heavy atom. The average molecular weight is 480 g/mol. The van der Waals surface area contributed by atoms with Crippen molar-refractivity contribution in [2.45, 2.75) is 32.2 Å². The first kappa shape index (κ1) is 23.9. The third-order valence-electron chi connectivity index (χ3n) is 6.17. The highest BCUT2D eigenvalue weighted by molar-refractivity contribution is 7.89. The van der Waals surface area contributed by atoms with Crippen molar-refractivity contribution in [2.24, 2.45) is 0 Å². The van der Waals surface area contributed by atoms with E-state index >= 15 is 0 Å². The minimum Gasteiger partial charge on any atom is -0.336 e. The number of carbonyl (C=O) groups is 1. The van der Waals surface area contributed by atoms with Crippen LogP contribution in [0.1, 0.15) is 32.6 Å². The maximum Gasteiger partial charge on any atom is 0.263 e. The maximum absolute atomic E-state index is 13.2. The first-order valence-corrected chi connectivity index (χ1v) is 12.7. The second-order valence-electron chi connectivity index (χ2n) is 8.81. The van der Waals surface area contributed by atoms with E-state index in [2.05, 4.69) is 0 Å². The molecule has 7 nitrogen and oxygen atoms in total. The van der Waals surface area contributed by atoms with E-state index < -0.39 is 10.0 Å². The fourth-order valence-electron chi connectivity index (χ4n) is 4.26. The molecule has 0 bridgehead atoms. The van der Waals surface area contributed by atoms with Gasteiger partial charge in [-0.2, -0.15) is 4.31 Å². The largest absolute Gasteiger partial charge is 0.336 e. The quantitative estimate of drug-likeness (QED) is 0.564. The molecular weight excluding hydrogens is 450 g/mol. The van der Waals surface area contributed by atoms with Gasteiger partial charge < -0.3 is 9.47 Å². The lowest BCUT2D eigenvalue weighted by atomic mass is 10.1. The third kappa shape index (κ3) is 4.83. The smallest absolute Gasteiger partial charge is 0.263 e. The van der Waals surface area contributed by atoms with Crippen molar-refractivity contribution in [3.8, 4) is 0 Å². The van der Waals surface area contributed by atoms with Crippen LogP contribution in [-0.4, -0.2) is 54.3 Å². The summed E-state index contributed by atoms with van der Waals surface area (Å²) in [7, 11) is -3.65. The Morgan fingerprint density at radius 3 is 2.29 bits per heavy atom. The van der Waals surface area contributed by atoms with E-state index in [1.807, 2.05) is 44.2 Å². The first-order valence-electron chi connectivity index (χ1n) is 11.3. The van der Waals surface area contributed by atoms with E-state index in [0.717, 1.165) is 16.7 Å². The lowest BCUT2D eigenvalue weighted by Crippen LogP contribution is -2.51. The normalized spacial score (nSPS) is 14.9. The molecule has 1 saturated heterocycles. The van der Waals surface area contributed by atoms with E-state index in [1.54, 1.807) is 36.2 Å². The number of benzene rings is 2. The summed E-state index contributed by atoms with van der Waals surface area (Å²) in [6, 6.07) is 16.5. The second kappa shape index (κ2) is 9.56. The minimum absolute atomic E-state index is 0.0981. The van der Waals surface area contributed by atoms with Gasteiger partial charge in [0.15, 0.2) is 0 Å². The molecule has 2 aromatic carbocycles. The molecular formula is C26H29N3O4S. The highest BCUT2D eigenvalue weighted by Gasteiger charge is 2.32. The number of hydrogen-bond acceptors (Lipinski definition) is 4. The second-order valence-corrected chi connectivity index (χ2v) is 10.7. The van der Waals surface area contributed by atoms with Crippen molar-refractivity contribution < 1.29 is 13.2 Å². The van der Waals surface area contributed by atoms with Crippen molar-refractivity contribution in [3.05, 3.63) is 99.0 Å². The van der Waals surface area contributed by atoms with Crippen molar-refractivity contribution >= 4 is 15.9 Å². The predicted octanol–water partition coefficient (Wildman–Crippen LogP) is 2.97. The van der Waals surface area contributed by atoms with Crippen LogP contribution in [0.4, 0.5) is 0 Å². The number of aryl methyl sites for hydroxylation is 3. The van der Waals surface area contributed by atoms with Gasteiger partial charge in [0.25, 0.3) is 11.5 Å². The van der Waals surface area contributed by atoms with Gasteiger partial charge in [-0.15, -0.1) is 0 Å². The lowest BCUT2D eigenvalue weighted by molar-refractivity contribution is 0.0695. The Bertz CT molecular complexity index is 1390. The van der Waals surface area contributed by atoms with E-state index in [-0.39, 0.29) is 43.2 Å². The molecule has 0 atom stereocenters. The molecule has 0 N–H and O–H groups in total. The van der Waals surface area contributed by atoms with Crippen molar-refractivity contribution in [3.63, 3.8) is 0 Å². The Balaban J connectivity index is 1.49. The zero-order valence-electron chi connectivity index (χ0n) is 19.7. The molecule has 0 spiro atoms. The number of hydrogen-bond donors (Lipinski definition) is 0. The van der Waals surface area contributed by atoms with Gasteiger partial charge in [-0.25, -0.2) is 8.42 Å². The zero-order valence-corrected chi connectivity index (χ0v) is 20.5. The molecule has 2 heterocycles. The van der Waals surface area contributed by atoms with Crippen LogP contribution >= 0.6 is 0 Å². The molecule has 0 radical (unpaired) electrons. The van der Waals surface area contributed by atoms with Crippen LogP contribution < -0.4 is 5.56 Å². The van der Waals surface area contributed by atoms with E-state index in [4.69, 9.17) is 0 Å². The standard InChI is InChI=1S/C26H29N3O4S/c1-19-6-4-7-22(16-19)18-28-11-5-8-23(26(28)31)25(30)27-12-14-29(15-13-27)34(32,33)24-17-20(2)9-10-21(24)3/h4-11,16-17H,12-15,18H2,1-3H3. The van der Waals surface area contributed by atoms with Crippen molar-refractivity contribution in [1.29, 1.82) is 0 Å². The van der Waals surface area contributed by atoms with Gasteiger partial charge in [0.2, 0.25) is 10.0 Å². The molecule has 0 saturated carbocycles. The van der Waals surface area contributed by atoms with Gasteiger partial charge in [-0.3, -0.25) is 9.59 Å². The number of amides is 1. The molecule has 8 heteroatoms. The minimum atomic E-state index is -3.65. The molecule has 1 amide bonds. The monoisotopic (exact) mass is 479 g/mol. The molecule has 4 rings (SSSR count). The number of piperazine rings is 1. The number of nitrogens with zero attached hydrogens (tertiary/aromatic N) is 3. The van der Waals surface area contributed by atoms with Gasteiger partial charge in [0.05, 0.1) is 11.4 Å². The van der Waals surface area contributed by atoms with Crippen LogP contribution in [0.3, 0.4) is 0 Å². The Morgan fingerprint density at radius 2 is 1.59 bits per heavy atom. The number of pyridine rings is 1. The van der Waals surface area contributed by atoms with Gasteiger partial charge in [-0.05, 0) is 55.7 Å². The number of carbonyl (C=O) groups excluding carboxylic acids is 1. The SMILES string of the molecule is Cc1cccc(Cn2cccc(C(=O)N3CCN(S(=O)(=O)c4cc(C)ccc4C)CC3)c2=O)c1. The summed E-state index contributed by atoms with van der Waals surface area (Å²) in [5.74, 6) is -0.368. The molecule has 1 aromatic heterocycles. The molecule has 178 valence electrons. The summed E-state index contributed by atoms with van der Waals surface area (Å²) in [5, 5.41) is 0. The van der Waals surface area contributed by atoms with Crippen LogP contribution in [0.2, 0.25) is 0 Å². The van der Waals surface area contributed by atoms with Gasteiger partial charge in [0, 0.05) is 32.4 Å². The molecule has 1 aliphatic rings. The Kier molecular flexibility index (Phi) is 6.72. The molecule has 1 fully saturated rings. The number of rotatable bonds is 5. The summed E-state index contributed by atoms with van der Waals surface area (Å²) in [6.45, 7) is 6.85. The summed E-state index contributed by atoms with van der Waals surface area (Å²) in [6.07, 6.45) is 1.68. The molecule has 1 aliphatic heterocycles. The highest BCUT2D eigenvalue weighted by Crippen LogP contribution is 2.22. The predicted molar refractivity (Wildman–Crippen MR) is 132 cm³/mol. The van der Waals surface area contributed by atoms with Crippen LogP contribution in [0, 0.1) is 20.8 Å².